The van der Waals surface area contributed by atoms with Gasteiger partial charge < -0.3 is 5.73 Å². The van der Waals surface area contributed by atoms with E-state index in [1.807, 2.05) is 56.3 Å². The van der Waals surface area contributed by atoms with E-state index in [9.17, 15) is 0 Å². The summed E-state index contributed by atoms with van der Waals surface area (Å²) in [5.41, 5.74) is 11.9. The van der Waals surface area contributed by atoms with Crippen LogP contribution in [-0.4, -0.2) is 4.98 Å². The summed E-state index contributed by atoms with van der Waals surface area (Å²) in [6.45, 7) is 4.01. The number of anilines is 1. The fourth-order valence-electron chi connectivity index (χ4n) is 2.46. The average molecular weight is 283 g/mol. The Hall–Kier alpha value is -2.06. The summed E-state index contributed by atoms with van der Waals surface area (Å²) in [5, 5.41) is 1.50. The summed E-state index contributed by atoms with van der Waals surface area (Å²) in [7, 11) is 0. The first-order valence-corrected chi connectivity index (χ1v) is 6.87. The summed E-state index contributed by atoms with van der Waals surface area (Å²) in [6, 6.07) is 13.9. The van der Waals surface area contributed by atoms with Gasteiger partial charge in [-0.15, -0.1) is 0 Å². The number of hydrogen-bond donors (Lipinski definition) is 1. The van der Waals surface area contributed by atoms with Crippen molar-refractivity contribution in [2.24, 2.45) is 0 Å². The van der Waals surface area contributed by atoms with Crippen molar-refractivity contribution in [3.63, 3.8) is 0 Å². The molecule has 0 aliphatic heterocycles. The van der Waals surface area contributed by atoms with E-state index in [2.05, 4.69) is 0 Å². The van der Waals surface area contributed by atoms with Crippen molar-refractivity contribution in [3.05, 3.63) is 58.6 Å². The Kier molecular flexibility index (Phi) is 3.11. The molecule has 0 radical (unpaired) electrons. The minimum atomic E-state index is 0.651. The van der Waals surface area contributed by atoms with E-state index in [1.54, 1.807) is 0 Å². The topological polar surface area (TPSA) is 38.9 Å². The Morgan fingerprint density at radius 3 is 2.40 bits per heavy atom. The van der Waals surface area contributed by atoms with Gasteiger partial charge in [-0.25, -0.2) is 4.98 Å². The first-order chi connectivity index (χ1) is 9.59. The highest BCUT2D eigenvalue weighted by Gasteiger charge is 2.14. The second kappa shape index (κ2) is 4.80. The zero-order chi connectivity index (χ0) is 14.3. The zero-order valence-corrected chi connectivity index (χ0v) is 12.2. The monoisotopic (exact) mass is 282 g/mol. The van der Waals surface area contributed by atoms with E-state index in [-0.39, 0.29) is 0 Å². The molecular formula is C17H15ClN2. The van der Waals surface area contributed by atoms with Crippen LogP contribution in [0.4, 0.5) is 5.69 Å². The Balaban J connectivity index is 2.42. The number of nitrogen functional groups attached to an aromatic ring is 1. The van der Waals surface area contributed by atoms with Crippen molar-refractivity contribution in [1.82, 2.24) is 4.98 Å². The van der Waals surface area contributed by atoms with Crippen LogP contribution in [0.1, 0.15) is 11.1 Å². The van der Waals surface area contributed by atoms with Crippen LogP contribution < -0.4 is 5.73 Å². The first-order valence-electron chi connectivity index (χ1n) is 6.50. The molecule has 3 aromatic rings. The average Bonchev–Trinajstić information content (AvgIpc) is 2.47. The molecule has 100 valence electrons. The van der Waals surface area contributed by atoms with Gasteiger partial charge in [0.2, 0.25) is 0 Å². The number of pyridine rings is 1. The van der Waals surface area contributed by atoms with E-state index in [4.69, 9.17) is 22.3 Å². The van der Waals surface area contributed by atoms with E-state index in [0.717, 1.165) is 33.3 Å². The van der Waals surface area contributed by atoms with Gasteiger partial charge in [0, 0.05) is 16.6 Å². The molecule has 20 heavy (non-hydrogen) atoms. The zero-order valence-electron chi connectivity index (χ0n) is 11.4. The summed E-state index contributed by atoms with van der Waals surface area (Å²) in [6.07, 6.45) is 0. The molecule has 0 aliphatic rings. The van der Waals surface area contributed by atoms with Gasteiger partial charge in [0.25, 0.3) is 0 Å². The highest BCUT2D eigenvalue weighted by molar-refractivity contribution is 6.36. The van der Waals surface area contributed by atoms with Crippen LogP contribution in [0.15, 0.2) is 42.5 Å². The molecule has 2 aromatic carbocycles. The van der Waals surface area contributed by atoms with Crippen molar-refractivity contribution in [1.29, 1.82) is 0 Å². The highest BCUT2D eigenvalue weighted by atomic mass is 35.5. The van der Waals surface area contributed by atoms with E-state index in [1.165, 1.54) is 0 Å². The van der Waals surface area contributed by atoms with Gasteiger partial charge in [0.15, 0.2) is 0 Å². The van der Waals surface area contributed by atoms with Crippen molar-refractivity contribution in [3.8, 4) is 11.3 Å². The van der Waals surface area contributed by atoms with Crippen LogP contribution in [0.25, 0.3) is 22.2 Å². The summed E-state index contributed by atoms with van der Waals surface area (Å²) in [4.78, 5) is 4.80. The normalized spacial score (nSPS) is 10.9. The molecule has 0 fully saturated rings. The number of nitrogens with zero attached hydrogens (tertiary/aromatic N) is 1. The number of halogens is 1. The minimum absolute atomic E-state index is 0.651. The molecule has 0 saturated carbocycles. The molecule has 0 atom stereocenters. The van der Waals surface area contributed by atoms with Gasteiger partial charge >= 0.3 is 0 Å². The van der Waals surface area contributed by atoms with Crippen LogP contribution in [0.2, 0.25) is 5.02 Å². The van der Waals surface area contributed by atoms with Gasteiger partial charge in [0.1, 0.15) is 0 Å². The highest BCUT2D eigenvalue weighted by Crippen LogP contribution is 2.36. The molecule has 1 heterocycles. The van der Waals surface area contributed by atoms with Gasteiger partial charge in [0.05, 0.1) is 16.2 Å². The quantitative estimate of drug-likeness (QED) is 0.699. The van der Waals surface area contributed by atoms with Gasteiger partial charge in [-0.3, -0.25) is 0 Å². The van der Waals surface area contributed by atoms with Crippen molar-refractivity contribution in [2.75, 3.05) is 5.73 Å². The third-order valence-corrected chi connectivity index (χ3v) is 3.94. The van der Waals surface area contributed by atoms with Crippen molar-refractivity contribution >= 4 is 28.2 Å². The summed E-state index contributed by atoms with van der Waals surface area (Å²) in [5.74, 6) is 0. The Morgan fingerprint density at radius 1 is 1.00 bits per heavy atom. The second-order valence-electron chi connectivity index (χ2n) is 4.95. The molecule has 2 nitrogen and oxygen atoms in total. The molecule has 0 amide bonds. The molecule has 0 aliphatic carbocycles. The SMILES string of the molecule is Cc1c(-c2ccccc2)nc2c(C)ccc(Cl)c2c1N. The van der Waals surface area contributed by atoms with Gasteiger partial charge in [-0.2, -0.15) is 0 Å². The molecule has 1 aromatic heterocycles. The Labute approximate surface area is 123 Å². The number of rotatable bonds is 1. The van der Waals surface area contributed by atoms with E-state index >= 15 is 0 Å². The molecular weight excluding hydrogens is 268 g/mol. The van der Waals surface area contributed by atoms with Crippen LogP contribution in [-0.2, 0) is 0 Å². The lowest BCUT2D eigenvalue weighted by atomic mass is 10.0. The van der Waals surface area contributed by atoms with E-state index < -0.39 is 0 Å². The van der Waals surface area contributed by atoms with Crippen LogP contribution in [0, 0.1) is 13.8 Å². The molecule has 0 spiro atoms. The molecule has 3 heteroatoms. The fraction of sp³-hybridized carbons (Fsp3) is 0.118. The third kappa shape index (κ3) is 1.93. The molecule has 2 N–H and O–H groups in total. The molecule has 0 bridgehead atoms. The number of nitrogens with two attached hydrogens (primary N) is 1. The fourth-order valence-corrected chi connectivity index (χ4v) is 2.71. The van der Waals surface area contributed by atoms with E-state index in [0.29, 0.717) is 10.7 Å². The lowest BCUT2D eigenvalue weighted by Crippen LogP contribution is -1.99. The third-order valence-electron chi connectivity index (χ3n) is 3.63. The lowest BCUT2D eigenvalue weighted by molar-refractivity contribution is 1.31. The first kappa shape index (κ1) is 12.9. The molecule has 3 rings (SSSR count). The molecule has 0 saturated heterocycles. The predicted octanol–water partition coefficient (Wildman–Crippen LogP) is 4.75. The van der Waals surface area contributed by atoms with Crippen molar-refractivity contribution < 1.29 is 0 Å². The maximum Gasteiger partial charge on any atom is 0.0774 e. The van der Waals surface area contributed by atoms with Gasteiger partial charge in [-0.1, -0.05) is 48.0 Å². The standard InChI is InChI=1S/C17H15ClN2/c1-10-8-9-13(18)14-15(19)11(2)17(20-16(10)14)12-6-4-3-5-7-12/h3-9H,1-2H3,(H2,19,20). The summed E-state index contributed by atoms with van der Waals surface area (Å²) >= 11 is 6.28. The van der Waals surface area contributed by atoms with Crippen LogP contribution in [0.5, 0.6) is 0 Å². The largest absolute Gasteiger partial charge is 0.398 e. The number of benzene rings is 2. The Morgan fingerprint density at radius 2 is 1.70 bits per heavy atom. The maximum atomic E-state index is 6.30. The van der Waals surface area contributed by atoms with Crippen LogP contribution in [0.3, 0.4) is 0 Å². The minimum Gasteiger partial charge on any atom is -0.398 e. The maximum absolute atomic E-state index is 6.30. The second-order valence-corrected chi connectivity index (χ2v) is 5.36. The number of fused-ring (bicyclic) bond motifs is 1. The number of hydrogen-bond acceptors (Lipinski definition) is 2. The van der Waals surface area contributed by atoms with Crippen molar-refractivity contribution in [2.45, 2.75) is 13.8 Å². The number of aromatic nitrogens is 1. The van der Waals surface area contributed by atoms with Crippen LogP contribution >= 0.6 is 11.6 Å². The smallest absolute Gasteiger partial charge is 0.0774 e. The lowest BCUT2D eigenvalue weighted by Gasteiger charge is -2.14. The predicted molar refractivity (Wildman–Crippen MR) is 86.1 cm³/mol. The summed E-state index contributed by atoms with van der Waals surface area (Å²) < 4.78 is 0. The Bertz CT molecular complexity index is 795. The van der Waals surface area contributed by atoms with Gasteiger partial charge in [-0.05, 0) is 31.0 Å². The molecule has 0 unspecified atom stereocenters. The number of aryl methyl sites for hydroxylation is 1.